The fourth-order valence-electron chi connectivity index (χ4n) is 1.38. The van der Waals surface area contributed by atoms with Crippen molar-refractivity contribution in [1.82, 2.24) is 15.6 Å². The summed E-state index contributed by atoms with van der Waals surface area (Å²) in [5.41, 5.74) is 3.85. The molecule has 1 aromatic carbocycles. The van der Waals surface area contributed by atoms with Crippen molar-refractivity contribution in [2.24, 2.45) is 5.10 Å². The number of nitrogens with one attached hydrogen (secondary N) is 2. The van der Waals surface area contributed by atoms with E-state index in [1.807, 2.05) is 0 Å². The molecule has 0 aliphatic heterocycles. The number of rotatable bonds is 3. The van der Waals surface area contributed by atoms with Gasteiger partial charge in [-0.3, -0.25) is 9.89 Å². The number of phenols is 2. The maximum Gasteiger partial charge on any atom is 0.291 e. The Bertz CT molecular complexity index is 634. The number of nitrogens with zero attached hydrogens (tertiary/aromatic N) is 2. The van der Waals surface area contributed by atoms with E-state index in [1.54, 1.807) is 19.1 Å². The first-order valence-corrected chi connectivity index (χ1v) is 5.43. The number of carbonyl (C=O) groups is 1. The summed E-state index contributed by atoms with van der Waals surface area (Å²) in [6.07, 6.45) is 1.34. The minimum atomic E-state index is -0.441. The topological polar surface area (TPSA) is 111 Å². The van der Waals surface area contributed by atoms with Crippen LogP contribution in [0.4, 0.5) is 0 Å². The fourth-order valence-corrected chi connectivity index (χ4v) is 1.38. The second-order valence-electron chi connectivity index (χ2n) is 3.88. The summed E-state index contributed by atoms with van der Waals surface area (Å²) in [7, 11) is 0. The number of aryl methyl sites for hydroxylation is 1. The van der Waals surface area contributed by atoms with Crippen molar-refractivity contribution in [3.8, 4) is 11.5 Å². The lowest BCUT2D eigenvalue weighted by atomic mass is 10.2. The lowest BCUT2D eigenvalue weighted by molar-refractivity contribution is 0.0950. The number of amides is 1. The zero-order chi connectivity index (χ0) is 13.8. The van der Waals surface area contributed by atoms with Gasteiger partial charge in [-0.25, -0.2) is 5.43 Å². The van der Waals surface area contributed by atoms with Gasteiger partial charge in [-0.15, -0.1) is 0 Å². The molecular formula is C12H12N4O3. The van der Waals surface area contributed by atoms with Gasteiger partial charge in [-0.05, 0) is 36.8 Å². The van der Waals surface area contributed by atoms with E-state index in [1.165, 1.54) is 18.3 Å². The summed E-state index contributed by atoms with van der Waals surface area (Å²) in [6.45, 7) is 1.78. The van der Waals surface area contributed by atoms with Crippen LogP contribution in [0.5, 0.6) is 11.5 Å². The average molecular weight is 260 g/mol. The highest BCUT2D eigenvalue weighted by molar-refractivity contribution is 5.93. The second kappa shape index (κ2) is 5.21. The van der Waals surface area contributed by atoms with Gasteiger partial charge in [0.1, 0.15) is 0 Å². The van der Waals surface area contributed by atoms with Crippen LogP contribution in [0.25, 0.3) is 0 Å². The molecule has 1 heterocycles. The molecule has 0 aliphatic carbocycles. The molecule has 2 aromatic rings. The fraction of sp³-hybridized carbons (Fsp3) is 0.0833. The number of hydrogen-bond donors (Lipinski definition) is 4. The molecule has 0 fully saturated rings. The molecule has 0 radical (unpaired) electrons. The molecular weight excluding hydrogens is 248 g/mol. The summed E-state index contributed by atoms with van der Waals surface area (Å²) in [5.74, 6) is -0.907. The molecule has 0 aliphatic rings. The Hall–Kier alpha value is -2.83. The molecule has 7 nitrogen and oxygen atoms in total. The average Bonchev–Trinajstić information content (AvgIpc) is 2.80. The van der Waals surface area contributed by atoms with Crippen molar-refractivity contribution >= 4 is 12.1 Å². The Morgan fingerprint density at radius 1 is 1.37 bits per heavy atom. The third kappa shape index (κ3) is 3.09. The number of aromatic hydroxyl groups is 2. The lowest BCUT2D eigenvalue weighted by Gasteiger charge is -1.98. The van der Waals surface area contributed by atoms with Crippen molar-refractivity contribution in [3.05, 3.63) is 41.2 Å². The highest BCUT2D eigenvalue weighted by Crippen LogP contribution is 2.23. The summed E-state index contributed by atoms with van der Waals surface area (Å²) in [5, 5.41) is 28.6. The van der Waals surface area contributed by atoms with Crippen LogP contribution in [0.3, 0.4) is 0 Å². The van der Waals surface area contributed by atoms with Crippen LogP contribution in [0.1, 0.15) is 21.7 Å². The predicted octanol–water partition coefficient (Wildman–Crippen LogP) is 0.893. The molecule has 0 unspecified atom stereocenters. The third-order valence-electron chi connectivity index (χ3n) is 2.32. The van der Waals surface area contributed by atoms with E-state index in [0.717, 1.165) is 5.69 Å². The number of carbonyl (C=O) groups excluding carboxylic acids is 1. The number of aromatic nitrogens is 2. The number of aromatic amines is 1. The van der Waals surface area contributed by atoms with Crippen LogP contribution >= 0.6 is 0 Å². The van der Waals surface area contributed by atoms with Gasteiger partial charge < -0.3 is 10.2 Å². The first-order chi connectivity index (χ1) is 9.06. The molecule has 0 saturated heterocycles. The maximum absolute atomic E-state index is 11.6. The largest absolute Gasteiger partial charge is 0.504 e. The first kappa shape index (κ1) is 12.6. The van der Waals surface area contributed by atoms with Crippen molar-refractivity contribution < 1.29 is 15.0 Å². The lowest BCUT2D eigenvalue weighted by Crippen LogP contribution is -2.17. The van der Waals surface area contributed by atoms with Gasteiger partial charge in [0, 0.05) is 5.69 Å². The molecule has 0 bridgehead atoms. The first-order valence-electron chi connectivity index (χ1n) is 5.43. The van der Waals surface area contributed by atoms with Gasteiger partial charge in [0.25, 0.3) is 5.91 Å². The summed E-state index contributed by atoms with van der Waals surface area (Å²) >= 11 is 0. The van der Waals surface area contributed by atoms with E-state index >= 15 is 0 Å². The minimum absolute atomic E-state index is 0.215. The van der Waals surface area contributed by atoms with Gasteiger partial charge in [0.15, 0.2) is 17.2 Å². The van der Waals surface area contributed by atoms with Crippen molar-refractivity contribution in [1.29, 1.82) is 0 Å². The maximum atomic E-state index is 11.6. The molecule has 1 aromatic heterocycles. The van der Waals surface area contributed by atoms with Gasteiger partial charge >= 0.3 is 0 Å². The smallest absolute Gasteiger partial charge is 0.291 e. The Balaban J connectivity index is 2.00. The minimum Gasteiger partial charge on any atom is -0.504 e. The van der Waals surface area contributed by atoms with Crippen molar-refractivity contribution in [2.45, 2.75) is 6.92 Å². The molecule has 0 saturated carbocycles. The Kier molecular flexibility index (Phi) is 3.46. The van der Waals surface area contributed by atoms with Crippen LogP contribution in [-0.4, -0.2) is 32.5 Å². The third-order valence-corrected chi connectivity index (χ3v) is 2.32. The molecule has 4 N–H and O–H groups in total. The predicted molar refractivity (Wildman–Crippen MR) is 68.2 cm³/mol. The summed E-state index contributed by atoms with van der Waals surface area (Å²) < 4.78 is 0. The van der Waals surface area contributed by atoms with E-state index in [2.05, 4.69) is 20.7 Å². The van der Waals surface area contributed by atoms with Crippen LogP contribution in [0, 0.1) is 6.92 Å². The normalized spacial score (nSPS) is 10.8. The summed E-state index contributed by atoms with van der Waals surface area (Å²) in [4.78, 5) is 11.6. The quantitative estimate of drug-likeness (QED) is 0.373. The monoisotopic (exact) mass is 260 g/mol. The molecule has 98 valence electrons. The number of hydrazone groups is 1. The van der Waals surface area contributed by atoms with E-state index in [0.29, 0.717) is 5.56 Å². The van der Waals surface area contributed by atoms with Crippen molar-refractivity contribution in [2.75, 3.05) is 0 Å². The molecule has 19 heavy (non-hydrogen) atoms. The Morgan fingerprint density at radius 2 is 2.16 bits per heavy atom. The molecule has 0 spiro atoms. The number of hydrogen-bond acceptors (Lipinski definition) is 5. The molecule has 0 atom stereocenters. The van der Waals surface area contributed by atoms with E-state index in [-0.39, 0.29) is 17.2 Å². The molecule has 7 heteroatoms. The van der Waals surface area contributed by atoms with Crippen LogP contribution < -0.4 is 5.43 Å². The number of benzene rings is 1. The van der Waals surface area contributed by atoms with Crippen LogP contribution in [0.2, 0.25) is 0 Å². The van der Waals surface area contributed by atoms with Gasteiger partial charge in [-0.1, -0.05) is 0 Å². The van der Waals surface area contributed by atoms with Gasteiger partial charge in [0.2, 0.25) is 0 Å². The number of phenolic OH excluding ortho intramolecular Hbond substituents is 2. The van der Waals surface area contributed by atoms with Crippen LogP contribution in [0.15, 0.2) is 29.4 Å². The number of H-pyrrole nitrogens is 1. The van der Waals surface area contributed by atoms with Gasteiger partial charge in [-0.2, -0.15) is 10.2 Å². The zero-order valence-electron chi connectivity index (χ0n) is 10.1. The summed E-state index contributed by atoms with van der Waals surface area (Å²) in [6, 6.07) is 5.79. The molecule has 1 amide bonds. The standard InChI is InChI=1S/C12H12N4O3/c1-7-4-9(15-14-7)12(19)16-13-6-8-2-3-10(17)11(18)5-8/h2-6,17-18H,1H3,(H,14,15)(H,16,19). The zero-order valence-corrected chi connectivity index (χ0v) is 10.1. The Labute approximate surface area is 108 Å². The second-order valence-corrected chi connectivity index (χ2v) is 3.88. The highest BCUT2D eigenvalue weighted by Gasteiger charge is 2.07. The van der Waals surface area contributed by atoms with E-state index in [4.69, 9.17) is 5.11 Å². The molecule has 2 rings (SSSR count). The van der Waals surface area contributed by atoms with Gasteiger partial charge in [0.05, 0.1) is 6.21 Å². The highest BCUT2D eigenvalue weighted by atomic mass is 16.3. The van der Waals surface area contributed by atoms with Crippen molar-refractivity contribution in [3.63, 3.8) is 0 Å². The van der Waals surface area contributed by atoms with E-state index in [9.17, 15) is 9.90 Å². The van der Waals surface area contributed by atoms with E-state index < -0.39 is 5.91 Å². The SMILES string of the molecule is Cc1cc(C(=O)NN=Cc2ccc(O)c(O)c2)n[nH]1. The van der Waals surface area contributed by atoms with Crippen LogP contribution in [-0.2, 0) is 0 Å². The Morgan fingerprint density at radius 3 is 2.79 bits per heavy atom.